The van der Waals surface area contributed by atoms with Crippen molar-refractivity contribution >= 4 is 17.5 Å². The summed E-state index contributed by atoms with van der Waals surface area (Å²) in [5.74, 6) is 0.0885. The van der Waals surface area contributed by atoms with Gasteiger partial charge in [0, 0.05) is 23.7 Å². The quantitative estimate of drug-likeness (QED) is 0.629. The predicted molar refractivity (Wildman–Crippen MR) is 52.1 cm³/mol. The third kappa shape index (κ3) is 1.83. The van der Waals surface area contributed by atoms with Crippen molar-refractivity contribution in [3.63, 3.8) is 0 Å². The lowest BCUT2D eigenvalue weighted by atomic mass is 10.1. The average molecular weight is 196 g/mol. The summed E-state index contributed by atoms with van der Waals surface area (Å²) < 4.78 is 0. The highest BCUT2D eigenvalue weighted by atomic mass is 35.5. The Bertz CT molecular complexity index is 338. The third-order valence-electron chi connectivity index (χ3n) is 2.02. The van der Waals surface area contributed by atoms with Crippen molar-refractivity contribution in [3.05, 3.63) is 34.3 Å². The molecule has 13 heavy (non-hydrogen) atoms. The van der Waals surface area contributed by atoms with Crippen molar-refractivity contribution in [1.29, 1.82) is 0 Å². The number of carbonyl (C=O) groups is 1. The number of benzene rings is 1. The topological polar surface area (TPSA) is 20.1 Å². The van der Waals surface area contributed by atoms with Crippen LogP contribution >= 0.6 is 11.6 Å². The smallest absolute Gasteiger partial charge is 0.254 e. The normalized spacial score (nSPS) is 14.5. The molecule has 1 aromatic carbocycles. The summed E-state index contributed by atoms with van der Waals surface area (Å²) >= 11 is 5.85. The molecule has 2 rings (SSSR count). The molecular weight excluding hydrogens is 186 g/mol. The first-order chi connectivity index (χ1) is 6.16. The second kappa shape index (κ2) is 3.04. The summed E-state index contributed by atoms with van der Waals surface area (Å²) in [7, 11) is 0. The van der Waals surface area contributed by atoms with Gasteiger partial charge >= 0.3 is 0 Å². The molecule has 0 aliphatic carbocycles. The van der Waals surface area contributed by atoms with Crippen LogP contribution in [-0.2, 0) is 0 Å². The maximum absolute atomic E-state index is 11.6. The van der Waals surface area contributed by atoms with Crippen LogP contribution in [0, 0.1) is 6.92 Å². The number of nitrogens with zero attached hydrogens (tertiary/aromatic N) is 1. The molecule has 1 saturated heterocycles. The van der Waals surface area contributed by atoms with Crippen molar-refractivity contribution in [2.45, 2.75) is 6.92 Å². The Morgan fingerprint density at radius 3 is 2.62 bits per heavy atom. The van der Waals surface area contributed by atoms with Gasteiger partial charge in [-0.05, 0) is 30.7 Å². The number of carbonyl (C=O) groups excluding carboxylic acids is 1. The van der Waals surface area contributed by atoms with E-state index in [0.29, 0.717) is 10.6 Å². The second-order valence-corrected chi connectivity index (χ2v) is 3.75. The fraction of sp³-hybridized carbons (Fsp3) is 0.300. The fourth-order valence-corrected chi connectivity index (χ4v) is 1.59. The Hall–Kier alpha value is -1.02. The van der Waals surface area contributed by atoms with E-state index >= 15 is 0 Å². The van der Waals surface area contributed by atoms with Gasteiger partial charge in [0.15, 0.2) is 0 Å². The highest BCUT2D eigenvalue weighted by Crippen LogP contribution is 2.18. The van der Waals surface area contributed by atoms with Gasteiger partial charge in [-0.25, -0.2) is 0 Å². The molecule has 0 radical (unpaired) electrons. The van der Waals surface area contributed by atoms with Crippen LogP contribution in [0.1, 0.15) is 15.9 Å². The minimum atomic E-state index is 0.0885. The summed E-state index contributed by atoms with van der Waals surface area (Å²) in [5.41, 5.74) is 1.72. The lowest BCUT2D eigenvalue weighted by Gasteiger charge is -2.03. The first-order valence-corrected chi connectivity index (χ1v) is 4.61. The van der Waals surface area contributed by atoms with E-state index in [1.807, 2.05) is 19.1 Å². The molecule has 1 heterocycles. The predicted octanol–water partition coefficient (Wildman–Crippen LogP) is 2.10. The summed E-state index contributed by atoms with van der Waals surface area (Å²) in [5, 5.41) is 0.630. The van der Waals surface area contributed by atoms with E-state index < -0.39 is 0 Å². The lowest BCUT2D eigenvalue weighted by molar-refractivity contribution is 0.0885. The van der Waals surface area contributed by atoms with Crippen LogP contribution in [0.15, 0.2) is 18.2 Å². The van der Waals surface area contributed by atoms with Crippen LogP contribution in [0.5, 0.6) is 0 Å². The van der Waals surface area contributed by atoms with Gasteiger partial charge in [0.1, 0.15) is 0 Å². The summed E-state index contributed by atoms with van der Waals surface area (Å²) in [6.07, 6.45) is 0. The number of hydrogen-bond acceptors (Lipinski definition) is 1. The first kappa shape index (κ1) is 8.57. The van der Waals surface area contributed by atoms with Crippen molar-refractivity contribution in [3.8, 4) is 0 Å². The number of rotatable bonds is 1. The SMILES string of the molecule is Cc1cc(Cl)cc(C(=O)N2CC2)c1. The van der Waals surface area contributed by atoms with Gasteiger partial charge in [0.05, 0.1) is 0 Å². The molecule has 0 spiro atoms. The monoisotopic (exact) mass is 195 g/mol. The lowest BCUT2D eigenvalue weighted by Crippen LogP contribution is -2.10. The Kier molecular flexibility index (Phi) is 2.00. The zero-order chi connectivity index (χ0) is 9.42. The van der Waals surface area contributed by atoms with Gasteiger partial charge in [-0.1, -0.05) is 11.6 Å². The van der Waals surface area contributed by atoms with Gasteiger partial charge < -0.3 is 4.90 Å². The third-order valence-corrected chi connectivity index (χ3v) is 2.24. The Balaban J connectivity index is 2.33. The number of aryl methyl sites for hydroxylation is 1. The van der Waals surface area contributed by atoms with Crippen molar-refractivity contribution in [2.24, 2.45) is 0 Å². The number of amides is 1. The van der Waals surface area contributed by atoms with Crippen LogP contribution in [0.2, 0.25) is 5.02 Å². The number of hydrogen-bond donors (Lipinski definition) is 0. The largest absolute Gasteiger partial charge is 0.335 e. The molecule has 0 atom stereocenters. The maximum atomic E-state index is 11.6. The Morgan fingerprint density at radius 2 is 2.08 bits per heavy atom. The standard InChI is InChI=1S/C10H10ClNO/c1-7-4-8(6-9(11)5-7)10(13)12-2-3-12/h4-6H,2-3H2,1H3. The summed E-state index contributed by atoms with van der Waals surface area (Å²) in [6, 6.07) is 5.43. The highest BCUT2D eigenvalue weighted by Gasteiger charge is 2.25. The minimum absolute atomic E-state index is 0.0885. The van der Waals surface area contributed by atoms with Crippen LogP contribution in [0.4, 0.5) is 0 Å². The molecule has 68 valence electrons. The average Bonchev–Trinajstić information content (AvgIpc) is 2.83. The number of halogens is 1. The van der Waals surface area contributed by atoms with Crippen molar-refractivity contribution in [2.75, 3.05) is 13.1 Å². The van der Waals surface area contributed by atoms with Gasteiger partial charge in [-0.2, -0.15) is 0 Å². The van der Waals surface area contributed by atoms with Crippen LogP contribution < -0.4 is 0 Å². The van der Waals surface area contributed by atoms with Crippen LogP contribution in [0.3, 0.4) is 0 Å². The fourth-order valence-electron chi connectivity index (χ4n) is 1.30. The molecule has 0 aromatic heterocycles. The Morgan fingerprint density at radius 1 is 1.38 bits per heavy atom. The zero-order valence-corrected chi connectivity index (χ0v) is 8.14. The molecule has 0 N–H and O–H groups in total. The van der Waals surface area contributed by atoms with Crippen LogP contribution in [0.25, 0.3) is 0 Å². The van der Waals surface area contributed by atoms with Gasteiger partial charge in [0.2, 0.25) is 0 Å². The van der Waals surface area contributed by atoms with E-state index in [2.05, 4.69) is 0 Å². The van der Waals surface area contributed by atoms with E-state index in [-0.39, 0.29) is 5.91 Å². The van der Waals surface area contributed by atoms with Gasteiger partial charge in [-0.15, -0.1) is 0 Å². The second-order valence-electron chi connectivity index (χ2n) is 3.31. The highest BCUT2D eigenvalue weighted by molar-refractivity contribution is 6.31. The molecule has 0 bridgehead atoms. The molecule has 3 heteroatoms. The van der Waals surface area contributed by atoms with E-state index in [1.54, 1.807) is 11.0 Å². The molecule has 1 amide bonds. The van der Waals surface area contributed by atoms with Gasteiger partial charge in [-0.3, -0.25) is 4.79 Å². The minimum Gasteiger partial charge on any atom is -0.335 e. The molecule has 1 aliphatic rings. The molecular formula is C10H10ClNO. The van der Waals surface area contributed by atoms with Crippen molar-refractivity contribution in [1.82, 2.24) is 4.90 Å². The maximum Gasteiger partial charge on any atom is 0.254 e. The van der Waals surface area contributed by atoms with E-state index in [9.17, 15) is 4.79 Å². The Labute approximate surface area is 82.1 Å². The van der Waals surface area contributed by atoms with E-state index in [1.165, 1.54) is 0 Å². The molecule has 0 saturated carbocycles. The van der Waals surface area contributed by atoms with E-state index in [4.69, 9.17) is 11.6 Å². The molecule has 1 fully saturated rings. The first-order valence-electron chi connectivity index (χ1n) is 4.23. The molecule has 2 nitrogen and oxygen atoms in total. The summed E-state index contributed by atoms with van der Waals surface area (Å²) in [6.45, 7) is 3.69. The van der Waals surface area contributed by atoms with Crippen molar-refractivity contribution < 1.29 is 4.79 Å². The molecule has 1 aliphatic heterocycles. The zero-order valence-electron chi connectivity index (χ0n) is 7.38. The van der Waals surface area contributed by atoms with E-state index in [0.717, 1.165) is 18.7 Å². The molecule has 0 unspecified atom stereocenters. The molecule has 1 aromatic rings. The summed E-state index contributed by atoms with van der Waals surface area (Å²) in [4.78, 5) is 13.4. The van der Waals surface area contributed by atoms with Crippen LogP contribution in [-0.4, -0.2) is 23.9 Å². The van der Waals surface area contributed by atoms with Gasteiger partial charge in [0.25, 0.3) is 5.91 Å².